The second-order valence-corrected chi connectivity index (χ2v) is 9.38. The Balaban J connectivity index is 2.16. The maximum absolute atomic E-state index is 13.1. The summed E-state index contributed by atoms with van der Waals surface area (Å²) in [6.07, 6.45) is -0.664. The number of hydrogen-bond donors (Lipinski definition) is 6. The number of fused-ring (bicyclic) bond motifs is 1. The summed E-state index contributed by atoms with van der Waals surface area (Å²) in [6, 6.07) is 5.84. The van der Waals surface area contributed by atoms with Gasteiger partial charge in [0.15, 0.2) is 0 Å². The van der Waals surface area contributed by atoms with E-state index in [4.69, 9.17) is 10.8 Å². The second-order valence-electron chi connectivity index (χ2n) is 9.38. The summed E-state index contributed by atoms with van der Waals surface area (Å²) >= 11 is 0. The summed E-state index contributed by atoms with van der Waals surface area (Å²) in [7, 11) is 0. The van der Waals surface area contributed by atoms with E-state index in [1.54, 1.807) is 13.8 Å². The molecule has 0 bridgehead atoms. The van der Waals surface area contributed by atoms with Crippen LogP contribution in [-0.4, -0.2) is 57.8 Å². The van der Waals surface area contributed by atoms with E-state index >= 15 is 0 Å². The van der Waals surface area contributed by atoms with Crippen molar-refractivity contribution in [3.05, 3.63) is 36.0 Å². The van der Waals surface area contributed by atoms with Crippen LogP contribution in [0.15, 0.2) is 30.3 Å². The third-order valence-electron chi connectivity index (χ3n) is 6.00. The lowest BCUT2D eigenvalue weighted by Gasteiger charge is -2.26. The first-order valence-electron chi connectivity index (χ1n) is 11.9. The minimum Gasteiger partial charge on any atom is -0.465 e. The van der Waals surface area contributed by atoms with Crippen LogP contribution >= 0.6 is 0 Å². The van der Waals surface area contributed by atoms with Gasteiger partial charge in [-0.2, -0.15) is 0 Å². The minimum atomic E-state index is -1.37. The number of hydrogen-bond acceptors (Lipinski definition) is 5. The van der Waals surface area contributed by atoms with Crippen LogP contribution in [0.5, 0.6) is 0 Å². The summed E-state index contributed by atoms with van der Waals surface area (Å²) in [5.74, 6) is -3.97. The van der Waals surface area contributed by atoms with Gasteiger partial charge in [0.05, 0.1) is 6.04 Å². The smallest absolute Gasteiger partial charge is 0.405 e. The molecule has 4 amide bonds. The number of aromatic nitrogens is 1. The number of H-pyrrole nitrogens is 1. The number of nitrogens with one attached hydrogen (secondary N) is 4. The maximum atomic E-state index is 13.1. The molecular formula is C25H35N5O6. The fourth-order valence-electron chi connectivity index (χ4n) is 3.86. The Hall–Kier alpha value is -3.89. The Kier molecular flexibility index (Phi) is 10.0. The SMILES string of the molecule is CCC(C)C(NC(=O)C(CC(C)C)NC(=O)O)C(=O)C(=O)NC(Cc1cc2ccccc2[nH]1)C(N)=O. The number of rotatable bonds is 13. The van der Waals surface area contributed by atoms with E-state index < -0.39 is 53.6 Å². The molecule has 0 aliphatic carbocycles. The van der Waals surface area contributed by atoms with E-state index in [0.717, 1.165) is 10.9 Å². The predicted octanol–water partition coefficient (Wildman–Crippen LogP) is 1.46. The lowest BCUT2D eigenvalue weighted by molar-refractivity contribution is -0.142. The molecule has 2 rings (SSSR count). The average molecular weight is 502 g/mol. The van der Waals surface area contributed by atoms with E-state index in [2.05, 4.69) is 20.9 Å². The Labute approximate surface area is 209 Å². The zero-order chi connectivity index (χ0) is 27.0. The monoisotopic (exact) mass is 501 g/mol. The third kappa shape index (κ3) is 7.82. The van der Waals surface area contributed by atoms with Crippen LogP contribution in [0.25, 0.3) is 10.9 Å². The van der Waals surface area contributed by atoms with Gasteiger partial charge in [-0.15, -0.1) is 0 Å². The van der Waals surface area contributed by atoms with E-state index in [9.17, 15) is 24.0 Å². The van der Waals surface area contributed by atoms with Gasteiger partial charge >= 0.3 is 6.09 Å². The van der Waals surface area contributed by atoms with Crippen molar-refractivity contribution in [2.45, 2.75) is 65.1 Å². The van der Waals surface area contributed by atoms with E-state index in [1.165, 1.54) is 0 Å². The van der Waals surface area contributed by atoms with E-state index in [0.29, 0.717) is 12.1 Å². The number of carboxylic acid groups (broad SMARTS) is 1. The van der Waals surface area contributed by atoms with Gasteiger partial charge in [-0.25, -0.2) is 4.79 Å². The number of ketones is 1. The molecule has 4 unspecified atom stereocenters. The molecule has 7 N–H and O–H groups in total. The molecule has 0 fully saturated rings. The highest BCUT2D eigenvalue weighted by atomic mass is 16.4. The lowest BCUT2D eigenvalue weighted by Crippen LogP contribution is -2.57. The third-order valence-corrected chi connectivity index (χ3v) is 6.00. The number of carbonyl (C=O) groups is 5. The zero-order valence-corrected chi connectivity index (χ0v) is 21.0. The first-order chi connectivity index (χ1) is 16.9. The molecule has 0 aliphatic rings. The van der Waals surface area contributed by atoms with Gasteiger partial charge in [0, 0.05) is 17.6 Å². The van der Waals surface area contributed by atoms with Gasteiger partial charge in [0.1, 0.15) is 12.1 Å². The van der Waals surface area contributed by atoms with Crippen molar-refractivity contribution in [1.82, 2.24) is 20.9 Å². The van der Waals surface area contributed by atoms with Crippen LogP contribution in [0, 0.1) is 11.8 Å². The van der Waals surface area contributed by atoms with Gasteiger partial charge in [0.2, 0.25) is 17.6 Å². The van der Waals surface area contributed by atoms with Crippen molar-refractivity contribution < 1.29 is 29.1 Å². The molecule has 11 heteroatoms. The van der Waals surface area contributed by atoms with Crippen LogP contribution in [0.4, 0.5) is 4.79 Å². The largest absolute Gasteiger partial charge is 0.465 e. The zero-order valence-electron chi connectivity index (χ0n) is 21.0. The molecule has 1 aromatic carbocycles. The highest BCUT2D eigenvalue weighted by Gasteiger charge is 2.35. The molecule has 11 nitrogen and oxygen atoms in total. The molecule has 196 valence electrons. The van der Waals surface area contributed by atoms with Crippen molar-refractivity contribution >= 4 is 40.5 Å². The van der Waals surface area contributed by atoms with Crippen molar-refractivity contribution in [2.75, 3.05) is 0 Å². The first-order valence-corrected chi connectivity index (χ1v) is 11.9. The van der Waals surface area contributed by atoms with Crippen LogP contribution < -0.4 is 21.7 Å². The number of para-hydroxylation sites is 1. The molecule has 0 spiro atoms. The number of benzene rings is 1. The summed E-state index contributed by atoms with van der Waals surface area (Å²) in [5, 5.41) is 17.1. The van der Waals surface area contributed by atoms with Crippen molar-refractivity contribution in [2.24, 2.45) is 17.6 Å². The maximum Gasteiger partial charge on any atom is 0.405 e. The minimum absolute atomic E-state index is 0.00499. The summed E-state index contributed by atoms with van der Waals surface area (Å²) in [6.45, 7) is 7.13. The number of amides is 4. The molecule has 0 aliphatic heterocycles. The molecule has 4 atom stereocenters. The quantitative estimate of drug-likeness (QED) is 0.226. The topological polar surface area (TPSA) is 183 Å². The van der Waals surface area contributed by atoms with Crippen molar-refractivity contribution in [3.63, 3.8) is 0 Å². The summed E-state index contributed by atoms with van der Waals surface area (Å²) in [4.78, 5) is 65.1. The fraction of sp³-hybridized carbons (Fsp3) is 0.480. The molecule has 36 heavy (non-hydrogen) atoms. The average Bonchev–Trinajstić information content (AvgIpc) is 3.22. The molecule has 0 radical (unpaired) electrons. The lowest BCUT2D eigenvalue weighted by atomic mass is 9.93. The standard InChI is InChI=1S/C25H35N5O6/c1-5-14(4)20(30-23(33)19(10-13(2)3)29-25(35)36)21(31)24(34)28-18(22(26)32)12-16-11-15-8-6-7-9-17(15)27-16/h6-9,11,13-14,18-20,27,29H,5,10,12H2,1-4H3,(H2,26,32)(H,28,34)(H,30,33)(H,35,36). The number of aromatic amines is 1. The van der Waals surface area contributed by atoms with E-state index in [1.807, 2.05) is 44.2 Å². The number of nitrogens with two attached hydrogens (primary N) is 1. The number of carbonyl (C=O) groups excluding carboxylic acids is 4. The highest BCUT2D eigenvalue weighted by molar-refractivity contribution is 6.39. The molecule has 1 aromatic heterocycles. The van der Waals surface area contributed by atoms with Crippen LogP contribution in [0.2, 0.25) is 0 Å². The Morgan fingerprint density at radius 3 is 2.22 bits per heavy atom. The number of Topliss-reactive ketones (excluding diaryl/α,β-unsaturated/α-hetero) is 1. The number of primary amides is 1. The van der Waals surface area contributed by atoms with Crippen LogP contribution in [-0.2, 0) is 25.6 Å². The Bertz CT molecular complexity index is 1080. The molecule has 0 saturated heterocycles. The summed E-state index contributed by atoms with van der Waals surface area (Å²) in [5.41, 5.74) is 6.99. The van der Waals surface area contributed by atoms with Gasteiger partial charge in [-0.3, -0.25) is 19.2 Å². The van der Waals surface area contributed by atoms with Gasteiger partial charge in [-0.1, -0.05) is 52.3 Å². The van der Waals surface area contributed by atoms with Crippen molar-refractivity contribution in [1.29, 1.82) is 0 Å². The molecule has 2 aromatic rings. The van der Waals surface area contributed by atoms with E-state index in [-0.39, 0.29) is 18.8 Å². The molecular weight excluding hydrogens is 466 g/mol. The van der Waals surface area contributed by atoms with Crippen LogP contribution in [0.1, 0.15) is 46.2 Å². The van der Waals surface area contributed by atoms with Gasteiger partial charge < -0.3 is 31.8 Å². The second kappa shape index (κ2) is 12.7. The highest BCUT2D eigenvalue weighted by Crippen LogP contribution is 2.16. The predicted molar refractivity (Wildman–Crippen MR) is 134 cm³/mol. The first kappa shape index (κ1) is 28.3. The van der Waals surface area contributed by atoms with Crippen LogP contribution in [0.3, 0.4) is 0 Å². The molecule has 0 saturated carbocycles. The Morgan fingerprint density at radius 2 is 1.67 bits per heavy atom. The van der Waals surface area contributed by atoms with Gasteiger partial charge in [-0.05, 0) is 35.8 Å². The normalized spacial score (nSPS) is 14.5. The fourth-order valence-corrected chi connectivity index (χ4v) is 3.86. The molecule has 1 heterocycles. The summed E-state index contributed by atoms with van der Waals surface area (Å²) < 4.78 is 0. The van der Waals surface area contributed by atoms with Crippen molar-refractivity contribution in [3.8, 4) is 0 Å². The van der Waals surface area contributed by atoms with Gasteiger partial charge in [0.25, 0.3) is 5.91 Å². The Morgan fingerprint density at radius 1 is 1.00 bits per heavy atom.